The molecular weight excluding hydrogens is 293 g/mol. The molecule has 1 aromatic carbocycles. The van der Waals surface area contributed by atoms with Gasteiger partial charge in [-0.2, -0.15) is 0 Å². The number of nitro groups is 1. The molecular formula is C11H13Cl2N3O3. The Morgan fingerprint density at radius 3 is 2.32 bits per heavy atom. The van der Waals surface area contributed by atoms with Crippen LogP contribution in [0, 0.1) is 10.1 Å². The Morgan fingerprint density at radius 2 is 1.89 bits per heavy atom. The SMILES string of the molecule is NC(=O)c1cccc(N(CCCl)CCCl)c1[N+](=O)[O-]. The number of primary amides is 1. The van der Waals surface area contributed by atoms with Crippen molar-refractivity contribution in [1.82, 2.24) is 0 Å². The summed E-state index contributed by atoms with van der Waals surface area (Å²) < 4.78 is 0. The quantitative estimate of drug-likeness (QED) is 0.474. The maximum atomic E-state index is 11.3. The topological polar surface area (TPSA) is 89.5 Å². The highest BCUT2D eigenvalue weighted by molar-refractivity contribution is 6.18. The number of hydrogen-bond acceptors (Lipinski definition) is 4. The lowest BCUT2D eigenvalue weighted by atomic mass is 10.1. The van der Waals surface area contributed by atoms with Gasteiger partial charge in [-0.05, 0) is 12.1 Å². The van der Waals surface area contributed by atoms with E-state index in [1.807, 2.05) is 0 Å². The van der Waals surface area contributed by atoms with E-state index in [0.29, 0.717) is 18.8 Å². The molecule has 2 N–H and O–H groups in total. The zero-order valence-corrected chi connectivity index (χ0v) is 11.5. The Balaban J connectivity index is 3.35. The zero-order valence-electron chi connectivity index (χ0n) is 10.0. The molecule has 8 heteroatoms. The Morgan fingerprint density at radius 1 is 1.32 bits per heavy atom. The second-order valence-electron chi connectivity index (χ2n) is 3.66. The number of rotatable bonds is 7. The van der Waals surface area contributed by atoms with Crippen molar-refractivity contribution in [1.29, 1.82) is 0 Å². The lowest BCUT2D eigenvalue weighted by Gasteiger charge is -2.23. The van der Waals surface area contributed by atoms with Crippen LogP contribution in [0.4, 0.5) is 11.4 Å². The van der Waals surface area contributed by atoms with Gasteiger partial charge in [0.05, 0.1) is 4.92 Å². The molecule has 0 aromatic heterocycles. The first-order chi connectivity index (χ1) is 9.02. The highest BCUT2D eigenvalue weighted by Gasteiger charge is 2.25. The van der Waals surface area contributed by atoms with Gasteiger partial charge in [0, 0.05) is 24.8 Å². The van der Waals surface area contributed by atoms with Gasteiger partial charge in [-0.1, -0.05) is 6.07 Å². The number of para-hydroxylation sites is 1. The number of nitrogens with zero attached hydrogens (tertiary/aromatic N) is 2. The van der Waals surface area contributed by atoms with Gasteiger partial charge in [-0.25, -0.2) is 0 Å². The van der Waals surface area contributed by atoms with E-state index in [4.69, 9.17) is 28.9 Å². The second kappa shape index (κ2) is 7.16. The van der Waals surface area contributed by atoms with Crippen molar-refractivity contribution >= 4 is 40.5 Å². The highest BCUT2D eigenvalue weighted by Crippen LogP contribution is 2.31. The van der Waals surface area contributed by atoms with Crippen LogP contribution in [0.1, 0.15) is 10.4 Å². The predicted octanol–water partition coefficient (Wildman–Crippen LogP) is 1.98. The molecule has 0 aliphatic rings. The lowest BCUT2D eigenvalue weighted by Crippen LogP contribution is -2.29. The van der Waals surface area contributed by atoms with Gasteiger partial charge in [-0.15, -0.1) is 23.2 Å². The molecule has 1 amide bonds. The number of amides is 1. The normalized spacial score (nSPS) is 10.2. The van der Waals surface area contributed by atoms with Crippen molar-refractivity contribution in [3.05, 3.63) is 33.9 Å². The molecule has 0 spiro atoms. The fourth-order valence-corrected chi connectivity index (χ4v) is 2.14. The molecule has 19 heavy (non-hydrogen) atoms. The van der Waals surface area contributed by atoms with Gasteiger partial charge in [0.25, 0.3) is 5.91 Å². The third-order valence-corrected chi connectivity index (χ3v) is 2.85. The maximum absolute atomic E-state index is 11.3. The van der Waals surface area contributed by atoms with Crippen molar-refractivity contribution in [3.8, 4) is 0 Å². The first-order valence-electron chi connectivity index (χ1n) is 5.47. The van der Waals surface area contributed by atoms with Gasteiger partial charge in [0.2, 0.25) is 0 Å². The van der Waals surface area contributed by atoms with Crippen LogP contribution in [0.15, 0.2) is 18.2 Å². The Hall–Kier alpha value is -1.53. The Labute approximate surface area is 120 Å². The minimum absolute atomic E-state index is 0.128. The van der Waals surface area contributed by atoms with Crippen LogP contribution in [0.3, 0.4) is 0 Å². The van der Waals surface area contributed by atoms with Crippen LogP contribution < -0.4 is 10.6 Å². The van der Waals surface area contributed by atoms with E-state index in [1.165, 1.54) is 12.1 Å². The van der Waals surface area contributed by atoms with Gasteiger partial charge in [0.1, 0.15) is 11.3 Å². The van der Waals surface area contributed by atoms with Gasteiger partial charge < -0.3 is 10.6 Å². The predicted molar refractivity (Wildman–Crippen MR) is 75.3 cm³/mol. The van der Waals surface area contributed by atoms with Crippen LogP contribution in [0.5, 0.6) is 0 Å². The van der Waals surface area contributed by atoms with E-state index in [9.17, 15) is 14.9 Å². The molecule has 0 saturated carbocycles. The van der Waals surface area contributed by atoms with E-state index in [-0.39, 0.29) is 23.0 Å². The average Bonchev–Trinajstić information content (AvgIpc) is 2.37. The molecule has 0 heterocycles. The molecule has 1 aromatic rings. The number of anilines is 1. The zero-order chi connectivity index (χ0) is 14.4. The van der Waals surface area contributed by atoms with Crippen LogP contribution in [0.2, 0.25) is 0 Å². The molecule has 0 aliphatic heterocycles. The summed E-state index contributed by atoms with van der Waals surface area (Å²) in [5, 5.41) is 11.2. The van der Waals surface area contributed by atoms with Crippen molar-refractivity contribution < 1.29 is 9.72 Å². The summed E-state index contributed by atoms with van der Waals surface area (Å²) in [6.45, 7) is 0.772. The van der Waals surface area contributed by atoms with E-state index in [0.717, 1.165) is 0 Å². The number of alkyl halides is 2. The van der Waals surface area contributed by atoms with Gasteiger partial charge in [0.15, 0.2) is 0 Å². The summed E-state index contributed by atoms with van der Waals surface area (Å²) in [4.78, 5) is 23.5. The molecule has 0 unspecified atom stereocenters. The van der Waals surface area contributed by atoms with Crippen LogP contribution >= 0.6 is 23.2 Å². The summed E-state index contributed by atoms with van der Waals surface area (Å²) in [5.41, 5.74) is 5.01. The van der Waals surface area contributed by atoms with Crippen LogP contribution in [-0.4, -0.2) is 35.7 Å². The number of benzene rings is 1. The summed E-state index contributed by atoms with van der Waals surface area (Å²) in [6, 6.07) is 4.41. The minimum atomic E-state index is -0.842. The number of carbonyl (C=O) groups excluding carboxylic acids is 1. The maximum Gasteiger partial charge on any atom is 0.305 e. The Kier molecular flexibility index (Phi) is 5.85. The molecule has 0 radical (unpaired) electrons. The number of hydrogen-bond donors (Lipinski definition) is 1. The van der Waals surface area contributed by atoms with Crippen molar-refractivity contribution in [2.24, 2.45) is 5.73 Å². The van der Waals surface area contributed by atoms with Crippen molar-refractivity contribution in [2.75, 3.05) is 29.7 Å². The molecule has 6 nitrogen and oxygen atoms in total. The lowest BCUT2D eigenvalue weighted by molar-refractivity contribution is -0.384. The Bertz CT molecular complexity index is 476. The smallest absolute Gasteiger partial charge is 0.305 e. The summed E-state index contributed by atoms with van der Waals surface area (Å²) in [5.74, 6) is -0.269. The number of nitro benzene ring substituents is 1. The molecule has 0 saturated heterocycles. The third-order valence-electron chi connectivity index (χ3n) is 2.51. The second-order valence-corrected chi connectivity index (χ2v) is 4.42. The molecule has 0 bridgehead atoms. The van der Waals surface area contributed by atoms with E-state index < -0.39 is 10.8 Å². The molecule has 1 rings (SSSR count). The molecule has 0 fully saturated rings. The molecule has 0 atom stereocenters. The highest BCUT2D eigenvalue weighted by atomic mass is 35.5. The summed E-state index contributed by atoms with van der Waals surface area (Å²) in [7, 11) is 0. The largest absolute Gasteiger partial charge is 0.365 e. The molecule has 104 valence electrons. The molecule has 0 aliphatic carbocycles. The monoisotopic (exact) mass is 305 g/mol. The first-order valence-corrected chi connectivity index (χ1v) is 6.54. The van der Waals surface area contributed by atoms with Crippen molar-refractivity contribution in [2.45, 2.75) is 0 Å². The number of carbonyl (C=O) groups is 1. The van der Waals surface area contributed by atoms with Crippen LogP contribution in [-0.2, 0) is 0 Å². The fraction of sp³-hybridized carbons (Fsp3) is 0.364. The van der Waals surface area contributed by atoms with Crippen molar-refractivity contribution in [3.63, 3.8) is 0 Å². The number of halogens is 2. The van der Waals surface area contributed by atoms with E-state index in [2.05, 4.69) is 0 Å². The first kappa shape index (κ1) is 15.5. The minimum Gasteiger partial charge on any atom is -0.365 e. The van der Waals surface area contributed by atoms with E-state index in [1.54, 1.807) is 11.0 Å². The van der Waals surface area contributed by atoms with Crippen LogP contribution in [0.25, 0.3) is 0 Å². The summed E-state index contributed by atoms with van der Waals surface area (Å²) >= 11 is 11.3. The third kappa shape index (κ3) is 3.71. The standard InChI is InChI=1S/C11H13Cl2N3O3/c12-4-6-15(7-5-13)9-3-1-2-8(11(14)17)10(9)16(18)19/h1-3H,4-7H2,(H2,14,17). The van der Waals surface area contributed by atoms with Gasteiger partial charge in [-0.3, -0.25) is 14.9 Å². The summed E-state index contributed by atoms with van der Waals surface area (Å²) in [6.07, 6.45) is 0. The van der Waals surface area contributed by atoms with Gasteiger partial charge >= 0.3 is 5.69 Å². The van der Waals surface area contributed by atoms with E-state index >= 15 is 0 Å². The fourth-order valence-electron chi connectivity index (χ4n) is 1.73. The number of nitrogens with two attached hydrogens (primary N) is 1. The average molecular weight is 306 g/mol.